The highest BCUT2D eigenvalue weighted by atomic mass is 16.4. The number of carbonyl (C=O) groups excluding carboxylic acids is 2. The lowest BCUT2D eigenvalue weighted by Gasteiger charge is -2.34. The van der Waals surface area contributed by atoms with E-state index in [0.29, 0.717) is 19.2 Å². The van der Waals surface area contributed by atoms with Crippen molar-refractivity contribution < 1.29 is 19.5 Å². The maximum Gasteiger partial charge on any atom is 0.303 e. The summed E-state index contributed by atoms with van der Waals surface area (Å²) in [6.45, 7) is 6.53. The van der Waals surface area contributed by atoms with Crippen LogP contribution in [0.4, 0.5) is 0 Å². The summed E-state index contributed by atoms with van der Waals surface area (Å²) in [7, 11) is 0. The zero-order valence-corrected chi connectivity index (χ0v) is 38.0. The highest BCUT2D eigenvalue weighted by Gasteiger charge is 2.30. The van der Waals surface area contributed by atoms with Crippen molar-refractivity contribution in [3.8, 4) is 0 Å². The van der Waals surface area contributed by atoms with E-state index in [-0.39, 0.29) is 5.92 Å². The SMILES string of the molecule is CCCCCCCCCCCCCCCCCCCCCC(=O)O.CCCCCCCCCCCCCCCCCCCCCCC(C)C(N)(NC=O)NC=O. The molecular formula is C49H99N3O4. The monoisotopic (exact) mass is 794 g/mol. The van der Waals surface area contributed by atoms with E-state index in [1.807, 2.05) is 6.92 Å². The minimum absolute atomic E-state index is 0.00607. The van der Waals surface area contributed by atoms with Crippen LogP contribution >= 0.6 is 0 Å². The number of nitrogens with one attached hydrogen (secondary N) is 2. The summed E-state index contributed by atoms with van der Waals surface area (Å²) in [4.78, 5) is 31.8. The number of carboxylic acids is 1. The van der Waals surface area contributed by atoms with Gasteiger partial charge in [0.1, 0.15) is 0 Å². The molecule has 0 aliphatic carbocycles. The Morgan fingerprint density at radius 3 is 0.875 bits per heavy atom. The summed E-state index contributed by atoms with van der Waals surface area (Å²) in [5.74, 6) is -1.80. The van der Waals surface area contributed by atoms with Gasteiger partial charge in [0.2, 0.25) is 12.8 Å². The summed E-state index contributed by atoms with van der Waals surface area (Å²) < 4.78 is 0. The summed E-state index contributed by atoms with van der Waals surface area (Å²) in [5, 5.41) is 13.6. The predicted octanol–water partition coefficient (Wildman–Crippen LogP) is 14.8. The van der Waals surface area contributed by atoms with Crippen molar-refractivity contribution in [1.82, 2.24) is 10.6 Å². The third-order valence-electron chi connectivity index (χ3n) is 11.9. The second kappa shape index (κ2) is 47.7. The lowest BCUT2D eigenvalue weighted by molar-refractivity contribution is -0.137. The molecule has 334 valence electrons. The van der Waals surface area contributed by atoms with Crippen molar-refractivity contribution in [2.24, 2.45) is 11.7 Å². The average molecular weight is 794 g/mol. The topological polar surface area (TPSA) is 122 Å². The van der Waals surface area contributed by atoms with Crippen LogP contribution in [-0.2, 0) is 14.4 Å². The molecule has 0 heterocycles. The molecule has 0 saturated carbocycles. The number of amides is 2. The Hall–Kier alpha value is -1.63. The van der Waals surface area contributed by atoms with Crippen molar-refractivity contribution in [1.29, 1.82) is 0 Å². The van der Waals surface area contributed by atoms with Gasteiger partial charge in [-0.15, -0.1) is 0 Å². The molecule has 7 nitrogen and oxygen atoms in total. The van der Waals surface area contributed by atoms with Gasteiger partial charge in [0, 0.05) is 12.3 Å². The fraction of sp³-hybridized carbons (Fsp3) is 0.939. The third-order valence-corrected chi connectivity index (χ3v) is 11.9. The average Bonchev–Trinajstić information content (AvgIpc) is 3.18. The van der Waals surface area contributed by atoms with Crippen LogP contribution in [0.25, 0.3) is 0 Å². The van der Waals surface area contributed by atoms with E-state index in [0.717, 1.165) is 25.7 Å². The van der Waals surface area contributed by atoms with Crippen molar-refractivity contribution in [2.45, 2.75) is 290 Å². The Labute approximate surface area is 349 Å². The van der Waals surface area contributed by atoms with Crippen molar-refractivity contribution in [3.63, 3.8) is 0 Å². The molecule has 0 aromatic rings. The Bertz CT molecular complexity index is 785. The normalized spacial score (nSPS) is 11.9. The number of carboxylic acid groups (broad SMARTS) is 1. The molecule has 7 heteroatoms. The molecule has 0 aromatic heterocycles. The van der Waals surface area contributed by atoms with E-state index in [2.05, 4.69) is 24.5 Å². The van der Waals surface area contributed by atoms with Crippen LogP contribution in [0, 0.1) is 5.92 Å². The van der Waals surface area contributed by atoms with Gasteiger partial charge in [-0.1, -0.05) is 265 Å². The first-order valence-corrected chi connectivity index (χ1v) is 24.8. The summed E-state index contributed by atoms with van der Waals surface area (Å²) in [6, 6.07) is 0. The van der Waals surface area contributed by atoms with E-state index in [4.69, 9.17) is 10.8 Å². The van der Waals surface area contributed by atoms with E-state index in [9.17, 15) is 14.4 Å². The lowest BCUT2D eigenvalue weighted by Crippen LogP contribution is -2.67. The number of nitrogens with two attached hydrogens (primary N) is 1. The number of rotatable bonds is 46. The van der Waals surface area contributed by atoms with Gasteiger partial charge < -0.3 is 15.7 Å². The van der Waals surface area contributed by atoms with Gasteiger partial charge in [0.05, 0.1) is 0 Å². The largest absolute Gasteiger partial charge is 0.481 e. The van der Waals surface area contributed by atoms with Crippen LogP contribution in [0.15, 0.2) is 0 Å². The molecule has 0 rings (SSSR count). The van der Waals surface area contributed by atoms with Gasteiger partial charge in [-0.25, -0.2) is 0 Å². The third kappa shape index (κ3) is 45.1. The van der Waals surface area contributed by atoms with E-state index in [1.54, 1.807) is 0 Å². The number of carbonyl (C=O) groups is 3. The molecule has 0 spiro atoms. The Morgan fingerprint density at radius 2 is 0.661 bits per heavy atom. The molecule has 0 aromatic carbocycles. The maximum absolute atomic E-state index is 10.7. The van der Waals surface area contributed by atoms with Crippen molar-refractivity contribution >= 4 is 18.8 Å². The minimum atomic E-state index is -1.14. The van der Waals surface area contributed by atoms with E-state index < -0.39 is 11.8 Å². The van der Waals surface area contributed by atoms with Gasteiger partial charge in [0.25, 0.3) is 0 Å². The van der Waals surface area contributed by atoms with E-state index >= 15 is 0 Å². The number of unbranched alkanes of at least 4 members (excludes halogenated alkanes) is 37. The molecule has 2 amide bonds. The molecule has 0 fully saturated rings. The predicted molar refractivity (Wildman–Crippen MR) is 243 cm³/mol. The van der Waals surface area contributed by atoms with Gasteiger partial charge >= 0.3 is 5.97 Å². The zero-order chi connectivity index (χ0) is 41.5. The standard InChI is InChI=1S/C27H55N3O2.C22H44O2/c1-3-4-5-6-7-8-9-10-11-12-13-14-15-16-17-18-19-20-21-22-23-26(2)27(28,29-24-31)30-25-32;1-2-3-4-5-6-7-8-9-10-11-12-13-14-15-16-17-18-19-20-21-22(23)24/h24-26H,3-23,28H2,1-2H3,(H,29,31)(H,30,32);2-21H2,1H3,(H,23,24). The second-order valence-corrected chi connectivity index (χ2v) is 17.3. The molecule has 1 unspecified atom stereocenters. The van der Waals surface area contributed by atoms with Crippen LogP contribution in [0.1, 0.15) is 284 Å². The Morgan fingerprint density at radius 1 is 0.446 bits per heavy atom. The fourth-order valence-corrected chi connectivity index (χ4v) is 7.81. The fourth-order valence-electron chi connectivity index (χ4n) is 7.81. The van der Waals surface area contributed by atoms with Crippen LogP contribution in [0.3, 0.4) is 0 Å². The molecule has 56 heavy (non-hydrogen) atoms. The molecule has 0 bridgehead atoms. The second-order valence-electron chi connectivity index (χ2n) is 17.3. The van der Waals surface area contributed by atoms with Gasteiger partial charge in [-0.05, 0) is 12.8 Å². The molecule has 0 radical (unpaired) electrons. The van der Waals surface area contributed by atoms with Crippen LogP contribution < -0.4 is 16.4 Å². The number of hydrogen-bond donors (Lipinski definition) is 4. The number of hydrogen-bond acceptors (Lipinski definition) is 4. The quantitative estimate of drug-likeness (QED) is 0.0278. The Balaban J connectivity index is 0. The van der Waals surface area contributed by atoms with Crippen LogP contribution in [0.5, 0.6) is 0 Å². The van der Waals surface area contributed by atoms with Crippen molar-refractivity contribution in [2.75, 3.05) is 0 Å². The summed E-state index contributed by atoms with van der Waals surface area (Å²) in [6.07, 6.45) is 55.5. The zero-order valence-electron chi connectivity index (χ0n) is 38.0. The molecule has 0 aliphatic heterocycles. The van der Waals surface area contributed by atoms with Crippen LogP contribution in [0.2, 0.25) is 0 Å². The minimum Gasteiger partial charge on any atom is -0.481 e. The maximum atomic E-state index is 10.7. The molecule has 0 aliphatic rings. The first kappa shape index (κ1) is 56.5. The van der Waals surface area contributed by atoms with Gasteiger partial charge in [0.15, 0.2) is 5.79 Å². The van der Waals surface area contributed by atoms with Crippen molar-refractivity contribution in [3.05, 3.63) is 0 Å². The van der Waals surface area contributed by atoms with E-state index in [1.165, 1.54) is 231 Å². The van der Waals surface area contributed by atoms with Crippen LogP contribution in [-0.4, -0.2) is 29.7 Å². The highest BCUT2D eigenvalue weighted by Crippen LogP contribution is 2.19. The first-order chi connectivity index (χ1) is 27.4. The highest BCUT2D eigenvalue weighted by molar-refractivity contribution is 5.66. The first-order valence-electron chi connectivity index (χ1n) is 24.8. The summed E-state index contributed by atoms with van der Waals surface area (Å²) >= 11 is 0. The van der Waals surface area contributed by atoms with Gasteiger partial charge in [-0.3, -0.25) is 20.1 Å². The lowest BCUT2D eigenvalue weighted by atomic mass is 9.95. The molecule has 1 atom stereocenters. The molecule has 5 N–H and O–H groups in total. The number of aliphatic carboxylic acids is 1. The smallest absolute Gasteiger partial charge is 0.303 e. The summed E-state index contributed by atoms with van der Waals surface area (Å²) in [5.41, 5.74) is 6.06. The Kier molecular flexibility index (Phi) is 48.1. The van der Waals surface area contributed by atoms with Gasteiger partial charge in [-0.2, -0.15) is 0 Å². The molecular weight excluding hydrogens is 695 g/mol. The molecule has 0 saturated heterocycles.